The van der Waals surface area contributed by atoms with Gasteiger partial charge in [-0.15, -0.1) is 0 Å². The second-order valence-corrected chi connectivity index (χ2v) is 4.16. The van der Waals surface area contributed by atoms with Gasteiger partial charge in [-0.1, -0.05) is 17.7 Å². The molecule has 2 aromatic carbocycles. The summed E-state index contributed by atoms with van der Waals surface area (Å²) in [5.41, 5.74) is 1.06. The van der Waals surface area contributed by atoms with E-state index in [4.69, 9.17) is 21.6 Å². The van der Waals surface area contributed by atoms with Crippen molar-refractivity contribution >= 4 is 23.0 Å². The van der Waals surface area contributed by atoms with Crippen LogP contribution in [0.3, 0.4) is 0 Å². The number of hydrogen-bond donors (Lipinski definition) is 1. The molecule has 0 aromatic heterocycles. The fraction of sp³-hybridized carbons (Fsp3) is 0.0714. The average Bonchev–Trinajstić information content (AvgIpc) is 2.43. The highest BCUT2D eigenvalue weighted by Gasteiger charge is 2.09. The summed E-state index contributed by atoms with van der Waals surface area (Å²) in [6.07, 6.45) is 0. The number of halogens is 2. The molecular formula is C14H10ClFN2O. The number of methoxy groups -OCH3 is 1. The number of anilines is 2. The molecule has 0 aliphatic rings. The summed E-state index contributed by atoms with van der Waals surface area (Å²) in [5.74, 6) is 0.0137. The lowest BCUT2D eigenvalue weighted by atomic mass is 10.1. The largest absolute Gasteiger partial charge is 0.497 e. The first-order chi connectivity index (χ1) is 9.15. The Morgan fingerprint density at radius 2 is 2.05 bits per heavy atom. The Balaban J connectivity index is 2.42. The lowest BCUT2D eigenvalue weighted by molar-refractivity contribution is 0.415. The number of rotatable bonds is 3. The van der Waals surface area contributed by atoms with Gasteiger partial charge in [0.2, 0.25) is 0 Å². The number of nitriles is 1. The van der Waals surface area contributed by atoms with Gasteiger partial charge in [0.05, 0.1) is 29.1 Å². The van der Waals surface area contributed by atoms with Crippen LogP contribution in [0.15, 0.2) is 36.4 Å². The van der Waals surface area contributed by atoms with Crippen molar-refractivity contribution in [2.45, 2.75) is 0 Å². The number of ether oxygens (including phenoxy) is 1. The normalized spacial score (nSPS) is 9.79. The van der Waals surface area contributed by atoms with Crippen LogP contribution < -0.4 is 10.1 Å². The standard InChI is InChI=1S/C14H10ClFN2O/c1-19-10-6-5-9(8-17)13(7-10)18-12-4-2-3-11(15)14(12)16/h2-7,18H,1H3. The average molecular weight is 277 g/mol. The number of benzene rings is 2. The van der Waals surface area contributed by atoms with Gasteiger partial charge in [-0.05, 0) is 24.3 Å². The highest BCUT2D eigenvalue weighted by atomic mass is 35.5. The predicted octanol–water partition coefficient (Wildman–Crippen LogP) is 4.10. The third kappa shape index (κ3) is 2.78. The Labute approximate surface area is 115 Å². The fourth-order valence-corrected chi connectivity index (χ4v) is 1.77. The van der Waals surface area contributed by atoms with E-state index in [1.54, 1.807) is 30.3 Å². The van der Waals surface area contributed by atoms with Crippen LogP contribution in [-0.4, -0.2) is 7.11 Å². The third-order valence-electron chi connectivity index (χ3n) is 2.57. The quantitative estimate of drug-likeness (QED) is 0.918. The van der Waals surface area contributed by atoms with Gasteiger partial charge >= 0.3 is 0 Å². The highest BCUT2D eigenvalue weighted by Crippen LogP contribution is 2.29. The summed E-state index contributed by atoms with van der Waals surface area (Å²) in [4.78, 5) is 0. The minimum absolute atomic E-state index is 0.0198. The van der Waals surface area contributed by atoms with Crippen LogP contribution in [0.25, 0.3) is 0 Å². The zero-order valence-electron chi connectivity index (χ0n) is 10.1. The van der Waals surface area contributed by atoms with Crippen molar-refractivity contribution in [1.29, 1.82) is 5.26 Å². The van der Waals surface area contributed by atoms with Crippen LogP contribution in [-0.2, 0) is 0 Å². The molecule has 0 unspecified atom stereocenters. The summed E-state index contributed by atoms with van der Waals surface area (Å²) < 4.78 is 18.9. The van der Waals surface area contributed by atoms with Crippen LogP contribution in [0.4, 0.5) is 15.8 Å². The Morgan fingerprint density at radius 3 is 2.74 bits per heavy atom. The van der Waals surface area contributed by atoms with Gasteiger partial charge in [-0.25, -0.2) is 4.39 Å². The lowest BCUT2D eigenvalue weighted by Crippen LogP contribution is -1.97. The van der Waals surface area contributed by atoms with E-state index in [1.165, 1.54) is 13.2 Å². The zero-order valence-corrected chi connectivity index (χ0v) is 10.8. The van der Waals surface area contributed by atoms with Gasteiger partial charge in [0.1, 0.15) is 11.8 Å². The molecule has 5 heteroatoms. The monoisotopic (exact) mass is 276 g/mol. The summed E-state index contributed by atoms with van der Waals surface area (Å²) in [6, 6.07) is 11.5. The predicted molar refractivity (Wildman–Crippen MR) is 72.4 cm³/mol. The molecule has 0 spiro atoms. The minimum atomic E-state index is -0.559. The second kappa shape index (κ2) is 5.59. The Kier molecular flexibility index (Phi) is 3.88. The zero-order chi connectivity index (χ0) is 13.8. The van der Waals surface area contributed by atoms with Crippen molar-refractivity contribution in [2.24, 2.45) is 0 Å². The SMILES string of the molecule is COc1ccc(C#N)c(Nc2cccc(Cl)c2F)c1. The van der Waals surface area contributed by atoms with E-state index < -0.39 is 5.82 Å². The fourth-order valence-electron chi connectivity index (χ4n) is 1.60. The molecule has 0 amide bonds. The minimum Gasteiger partial charge on any atom is -0.497 e. The maximum Gasteiger partial charge on any atom is 0.165 e. The maximum atomic E-state index is 13.8. The van der Waals surface area contributed by atoms with E-state index in [2.05, 4.69) is 5.32 Å². The molecule has 0 heterocycles. The van der Waals surface area contributed by atoms with E-state index in [9.17, 15) is 4.39 Å². The molecule has 2 aromatic rings. The Hall–Kier alpha value is -2.25. The van der Waals surface area contributed by atoms with Crippen LogP contribution in [0.2, 0.25) is 5.02 Å². The van der Waals surface area contributed by atoms with Crippen molar-refractivity contribution in [3.8, 4) is 11.8 Å². The van der Waals surface area contributed by atoms with Gasteiger partial charge in [0.25, 0.3) is 0 Å². The number of hydrogen-bond acceptors (Lipinski definition) is 3. The van der Waals surface area contributed by atoms with Crippen LogP contribution in [0, 0.1) is 17.1 Å². The van der Waals surface area contributed by atoms with E-state index in [1.807, 2.05) is 6.07 Å². The molecule has 0 fully saturated rings. The van der Waals surface area contributed by atoms with Crippen molar-refractivity contribution in [3.05, 3.63) is 52.8 Å². The van der Waals surface area contributed by atoms with Gasteiger partial charge in [0, 0.05) is 6.07 Å². The van der Waals surface area contributed by atoms with E-state index in [0.717, 1.165) is 0 Å². The number of nitrogens with zero attached hydrogens (tertiary/aromatic N) is 1. The number of nitrogens with one attached hydrogen (secondary N) is 1. The molecule has 0 aliphatic heterocycles. The molecule has 19 heavy (non-hydrogen) atoms. The molecule has 1 N–H and O–H groups in total. The molecule has 0 atom stereocenters. The highest BCUT2D eigenvalue weighted by molar-refractivity contribution is 6.31. The van der Waals surface area contributed by atoms with Crippen molar-refractivity contribution in [2.75, 3.05) is 12.4 Å². The van der Waals surface area contributed by atoms with E-state index in [0.29, 0.717) is 17.0 Å². The Morgan fingerprint density at radius 1 is 1.26 bits per heavy atom. The van der Waals surface area contributed by atoms with Crippen molar-refractivity contribution in [1.82, 2.24) is 0 Å². The summed E-state index contributed by atoms with van der Waals surface area (Å²) in [5, 5.41) is 11.9. The first kappa shape index (κ1) is 13.2. The first-order valence-electron chi connectivity index (χ1n) is 5.45. The summed E-state index contributed by atoms with van der Waals surface area (Å²) in [7, 11) is 1.52. The van der Waals surface area contributed by atoms with E-state index >= 15 is 0 Å². The third-order valence-corrected chi connectivity index (χ3v) is 2.86. The summed E-state index contributed by atoms with van der Waals surface area (Å²) in [6.45, 7) is 0. The molecule has 0 saturated carbocycles. The maximum absolute atomic E-state index is 13.8. The van der Waals surface area contributed by atoms with Gasteiger partial charge in [-0.3, -0.25) is 0 Å². The first-order valence-corrected chi connectivity index (χ1v) is 5.82. The van der Waals surface area contributed by atoms with Crippen LogP contribution in [0.1, 0.15) is 5.56 Å². The van der Waals surface area contributed by atoms with Gasteiger partial charge in [0.15, 0.2) is 5.82 Å². The second-order valence-electron chi connectivity index (χ2n) is 3.75. The van der Waals surface area contributed by atoms with Crippen LogP contribution in [0.5, 0.6) is 5.75 Å². The topological polar surface area (TPSA) is 45.0 Å². The molecule has 96 valence electrons. The molecule has 0 aliphatic carbocycles. The summed E-state index contributed by atoms with van der Waals surface area (Å²) >= 11 is 5.71. The van der Waals surface area contributed by atoms with Gasteiger partial charge < -0.3 is 10.1 Å². The molecule has 2 rings (SSSR count). The van der Waals surface area contributed by atoms with Gasteiger partial charge in [-0.2, -0.15) is 5.26 Å². The van der Waals surface area contributed by atoms with E-state index in [-0.39, 0.29) is 10.7 Å². The Bertz CT molecular complexity index is 652. The molecule has 0 radical (unpaired) electrons. The molecular weight excluding hydrogens is 267 g/mol. The van der Waals surface area contributed by atoms with Crippen molar-refractivity contribution in [3.63, 3.8) is 0 Å². The molecule has 3 nitrogen and oxygen atoms in total. The lowest BCUT2D eigenvalue weighted by Gasteiger charge is -2.11. The molecule has 0 bridgehead atoms. The smallest absolute Gasteiger partial charge is 0.165 e. The van der Waals surface area contributed by atoms with Crippen molar-refractivity contribution < 1.29 is 9.13 Å². The molecule has 0 saturated heterocycles. The van der Waals surface area contributed by atoms with Crippen LogP contribution >= 0.6 is 11.6 Å².